The Kier molecular flexibility index (Phi) is 6.18. The number of aromatic nitrogens is 2. The zero-order valence-electron chi connectivity index (χ0n) is 15.3. The van der Waals surface area contributed by atoms with Crippen molar-refractivity contribution in [1.29, 1.82) is 0 Å². The van der Waals surface area contributed by atoms with Gasteiger partial charge >= 0.3 is 5.69 Å². The van der Waals surface area contributed by atoms with Gasteiger partial charge in [-0.05, 0) is 38.0 Å². The molecule has 1 aromatic carbocycles. The van der Waals surface area contributed by atoms with Crippen molar-refractivity contribution in [3.63, 3.8) is 0 Å². The van der Waals surface area contributed by atoms with Crippen molar-refractivity contribution in [1.82, 2.24) is 14.3 Å². The monoisotopic (exact) mass is 460 g/mol. The van der Waals surface area contributed by atoms with Gasteiger partial charge in [0.05, 0.1) is 16.6 Å². The zero-order valence-corrected chi connectivity index (χ0v) is 17.6. The highest BCUT2D eigenvalue weighted by atomic mass is 35.5. The Balaban J connectivity index is 1.82. The first-order valence-electron chi connectivity index (χ1n) is 8.69. The fourth-order valence-electron chi connectivity index (χ4n) is 3.23. The lowest BCUT2D eigenvalue weighted by molar-refractivity contribution is -0.120. The second-order valence-corrected chi connectivity index (χ2v) is 9.40. The summed E-state index contributed by atoms with van der Waals surface area (Å²) >= 11 is 11.9. The Labute approximate surface area is 176 Å². The summed E-state index contributed by atoms with van der Waals surface area (Å²) in [5, 5.41) is 3.37. The standard InChI is InChI=1S/C17H18Cl2N4O5S/c1-9-14(16(25)22-17(26)20-9)29(27,28)23-6-2-3-10(8-23)15(24)21-13-5-4-11(18)7-12(13)19/h4-5,7,10H,2-3,6,8H2,1H3,(H,21,24)(H2,20,22,25,26)/t10-/m0/s1. The van der Waals surface area contributed by atoms with Gasteiger partial charge in [-0.25, -0.2) is 13.2 Å². The van der Waals surface area contributed by atoms with E-state index in [-0.39, 0.29) is 29.7 Å². The number of rotatable bonds is 4. The molecule has 1 fully saturated rings. The summed E-state index contributed by atoms with van der Waals surface area (Å²) in [7, 11) is -4.20. The van der Waals surface area contributed by atoms with Gasteiger partial charge in [-0.1, -0.05) is 23.2 Å². The van der Waals surface area contributed by atoms with Crippen LogP contribution in [0, 0.1) is 12.8 Å². The third-order valence-electron chi connectivity index (χ3n) is 4.62. The van der Waals surface area contributed by atoms with Gasteiger partial charge in [0.2, 0.25) is 15.9 Å². The van der Waals surface area contributed by atoms with Crippen LogP contribution in [0.5, 0.6) is 0 Å². The van der Waals surface area contributed by atoms with Gasteiger partial charge in [-0.3, -0.25) is 14.6 Å². The number of piperidine rings is 1. The fourth-order valence-corrected chi connectivity index (χ4v) is 5.41. The second-order valence-electron chi connectivity index (χ2n) is 6.68. The molecule has 156 valence electrons. The molecular formula is C17H18Cl2N4O5S. The number of hydrogen-bond acceptors (Lipinski definition) is 5. The van der Waals surface area contributed by atoms with E-state index in [1.165, 1.54) is 13.0 Å². The molecule has 12 heteroatoms. The smallest absolute Gasteiger partial charge is 0.324 e. The average Bonchev–Trinajstić information content (AvgIpc) is 2.63. The zero-order chi connectivity index (χ0) is 21.3. The number of amides is 1. The summed E-state index contributed by atoms with van der Waals surface area (Å²) in [4.78, 5) is 39.8. The number of carbonyl (C=O) groups excluding carboxylic acids is 1. The van der Waals surface area contributed by atoms with E-state index in [4.69, 9.17) is 23.2 Å². The normalized spacial score (nSPS) is 17.8. The number of benzene rings is 1. The quantitative estimate of drug-likeness (QED) is 0.638. The maximum absolute atomic E-state index is 13.0. The van der Waals surface area contributed by atoms with E-state index in [2.05, 4.69) is 10.3 Å². The molecular weight excluding hydrogens is 443 g/mol. The van der Waals surface area contributed by atoms with Crippen LogP contribution in [0.4, 0.5) is 5.69 Å². The number of H-pyrrole nitrogens is 2. The molecule has 3 rings (SSSR count). The molecule has 0 radical (unpaired) electrons. The van der Waals surface area contributed by atoms with Crippen LogP contribution >= 0.6 is 23.2 Å². The van der Waals surface area contributed by atoms with Crippen molar-refractivity contribution in [2.24, 2.45) is 5.92 Å². The Morgan fingerprint density at radius 3 is 2.62 bits per heavy atom. The van der Waals surface area contributed by atoms with Gasteiger partial charge in [-0.15, -0.1) is 0 Å². The molecule has 1 aromatic heterocycles. The molecule has 0 bridgehead atoms. The van der Waals surface area contributed by atoms with Crippen LogP contribution in [0.25, 0.3) is 0 Å². The Morgan fingerprint density at radius 1 is 1.24 bits per heavy atom. The molecule has 3 N–H and O–H groups in total. The fraction of sp³-hybridized carbons (Fsp3) is 0.353. The summed E-state index contributed by atoms with van der Waals surface area (Å²) in [6.45, 7) is 1.39. The molecule has 2 aromatic rings. The highest BCUT2D eigenvalue weighted by molar-refractivity contribution is 7.89. The van der Waals surface area contributed by atoms with Crippen molar-refractivity contribution in [3.05, 3.63) is 54.8 Å². The molecule has 0 spiro atoms. The maximum Gasteiger partial charge on any atom is 0.325 e. The van der Waals surface area contributed by atoms with E-state index in [1.54, 1.807) is 12.1 Å². The van der Waals surface area contributed by atoms with Crippen LogP contribution in [0.3, 0.4) is 0 Å². The molecule has 29 heavy (non-hydrogen) atoms. The van der Waals surface area contributed by atoms with E-state index in [9.17, 15) is 22.8 Å². The molecule has 1 aliphatic rings. The van der Waals surface area contributed by atoms with Gasteiger partial charge in [0.15, 0.2) is 4.90 Å². The molecule has 1 amide bonds. The predicted molar refractivity (Wildman–Crippen MR) is 109 cm³/mol. The largest absolute Gasteiger partial charge is 0.325 e. The number of sulfonamides is 1. The highest BCUT2D eigenvalue weighted by Gasteiger charge is 2.36. The van der Waals surface area contributed by atoms with Crippen molar-refractivity contribution in [3.8, 4) is 0 Å². The summed E-state index contributed by atoms with van der Waals surface area (Å²) < 4.78 is 27.0. The number of aryl methyl sites for hydroxylation is 1. The third kappa shape index (κ3) is 4.55. The number of nitrogens with one attached hydrogen (secondary N) is 3. The first-order valence-corrected chi connectivity index (χ1v) is 10.9. The van der Waals surface area contributed by atoms with Crippen molar-refractivity contribution in [2.75, 3.05) is 18.4 Å². The number of aromatic amines is 2. The van der Waals surface area contributed by atoms with Gasteiger partial charge in [0, 0.05) is 23.8 Å². The van der Waals surface area contributed by atoms with Crippen molar-refractivity contribution >= 4 is 44.8 Å². The Morgan fingerprint density at radius 2 is 1.97 bits per heavy atom. The molecule has 0 unspecified atom stereocenters. The Hall–Kier alpha value is -2.14. The second kappa shape index (κ2) is 8.31. The Bertz CT molecular complexity index is 1180. The van der Waals surface area contributed by atoms with Crippen LogP contribution in [0.1, 0.15) is 18.5 Å². The van der Waals surface area contributed by atoms with Gasteiger partial charge < -0.3 is 10.3 Å². The molecule has 0 aliphatic carbocycles. The molecule has 2 heterocycles. The predicted octanol–water partition coefficient (Wildman–Crippen LogP) is 1.72. The van der Waals surface area contributed by atoms with Gasteiger partial charge in [0.1, 0.15) is 0 Å². The topological polar surface area (TPSA) is 132 Å². The molecule has 9 nitrogen and oxygen atoms in total. The number of anilines is 1. The molecule has 1 aliphatic heterocycles. The first-order chi connectivity index (χ1) is 13.6. The van der Waals surface area contributed by atoms with Crippen LogP contribution in [-0.2, 0) is 14.8 Å². The lowest BCUT2D eigenvalue weighted by Gasteiger charge is -2.31. The van der Waals surface area contributed by atoms with E-state index in [1.807, 2.05) is 4.98 Å². The van der Waals surface area contributed by atoms with Crippen LogP contribution in [0.15, 0.2) is 32.7 Å². The van der Waals surface area contributed by atoms with Gasteiger partial charge in [-0.2, -0.15) is 4.31 Å². The number of hydrogen-bond donors (Lipinski definition) is 3. The summed E-state index contributed by atoms with van der Waals surface area (Å²) in [6.07, 6.45) is 0.913. The van der Waals surface area contributed by atoms with E-state index in [0.717, 1.165) is 4.31 Å². The van der Waals surface area contributed by atoms with Gasteiger partial charge in [0.25, 0.3) is 5.56 Å². The third-order valence-corrected chi connectivity index (χ3v) is 7.18. The minimum atomic E-state index is -4.20. The average molecular weight is 461 g/mol. The molecule has 1 saturated heterocycles. The van der Waals surface area contributed by atoms with Crippen molar-refractivity contribution in [2.45, 2.75) is 24.7 Å². The van der Waals surface area contributed by atoms with E-state index in [0.29, 0.717) is 23.6 Å². The van der Waals surface area contributed by atoms with Crippen LogP contribution in [0.2, 0.25) is 10.0 Å². The summed E-state index contributed by atoms with van der Waals surface area (Å²) in [6, 6.07) is 4.62. The van der Waals surface area contributed by atoms with E-state index >= 15 is 0 Å². The number of carbonyl (C=O) groups is 1. The lowest BCUT2D eigenvalue weighted by atomic mass is 9.99. The summed E-state index contributed by atoms with van der Waals surface area (Å²) in [5.74, 6) is -1.02. The lowest BCUT2D eigenvalue weighted by Crippen LogP contribution is -2.45. The van der Waals surface area contributed by atoms with E-state index < -0.39 is 32.1 Å². The number of halogens is 2. The van der Waals surface area contributed by atoms with Crippen LogP contribution in [-0.4, -0.2) is 41.7 Å². The minimum absolute atomic E-state index is 0.0572. The molecule has 1 atom stereocenters. The first kappa shape index (κ1) is 21.6. The maximum atomic E-state index is 13.0. The number of nitrogens with zero attached hydrogens (tertiary/aromatic N) is 1. The SMILES string of the molecule is Cc1[nH]c(=O)[nH]c(=O)c1S(=O)(=O)N1CCC[C@H](C(=O)Nc2ccc(Cl)cc2Cl)C1. The van der Waals surface area contributed by atoms with Crippen molar-refractivity contribution < 1.29 is 13.2 Å². The minimum Gasteiger partial charge on any atom is -0.324 e. The highest BCUT2D eigenvalue weighted by Crippen LogP contribution is 2.28. The van der Waals surface area contributed by atoms with Crippen LogP contribution < -0.4 is 16.6 Å². The molecule has 0 saturated carbocycles. The summed E-state index contributed by atoms with van der Waals surface area (Å²) in [5.41, 5.74) is -1.47.